The van der Waals surface area contributed by atoms with Crippen LogP contribution in [0, 0.1) is 11.3 Å². The fourth-order valence-electron chi connectivity index (χ4n) is 6.12. The molecule has 2 aromatic heterocycles. The number of aromatic nitrogens is 1. The number of fused-ring (bicyclic) bond motifs is 3. The second kappa shape index (κ2) is 11.6. The third-order valence-corrected chi connectivity index (χ3v) is 9.31. The Kier molecular flexibility index (Phi) is 7.61. The van der Waals surface area contributed by atoms with Crippen LogP contribution in [0.1, 0.15) is 81.2 Å². The van der Waals surface area contributed by atoms with Crippen molar-refractivity contribution < 1.29 is 14.3 Å². The first-order chi connectivity index (χ1) is 19.6. The molecule has 2 aliphatic rings. The van der Waals surface area contributed by atoms with Crippen LogP contribution in [-0.2, 0) is 35.2 Å². The van der Waals surface area contributed by atoms with Gasteiger partial charge in [0.15, 0.2) is 6.61 Å². The third kappa shape index (κ3) is 5.24. The molecule has 40 heavy (non-hydrogen) atoms. The third-order valence-electron chi connectivity index (χ3n) is 8.10. The molecule has 0 saturated carbocycles. The average molecular weight is 550 g/mol. The molecule has 7 heteroatoms. The van der Waals surface area contributed by atoms with Gasteiger partial charge in [0, 0.05) is 16.0 Å². The zero-order valence-corrected chi connectivity index (χ0v) is 23.2. The predicted molar refractivity (Wildman–Crippen MR) is 157 cm³/mol. The molecule has 0 radical (unpaired) electrons. The van der Waals surface area contributed by atoms with Gasteiger partial charge in [0.05, 0.1) is 16.6 Å². The van der Waals surface area contributed by atoms with Gasteiger partial charge < -0.3 is 10.1 Å². The lowest BCUT2D eigenvalue weighted by Crippen LogP contribution is -2.23. The number of carbonyl (C=O) groups is 2. The normalized spacial score (nSPS) is 16.6. The van der Waals surface area contributed by atoms with E-state index in [4.69, 9.17) is 9.72 Å². The van der Waals surface area contributed by atoms with Crippen molar-refractivity contribution in [2.75, 3.05) is 11.9 Å². The van der Waals surface area contributed by atoms with Crippen LogP contribution in [0.3, 0.4) is 0 Å². The molecule has 0 saturated heterocycles. The molecule has 0 spiro atoms. The predicted octanol–water partition coefficient (Wildman–Crippen LogP) is 6.89. The van der Waals surface area contributed by atoms with Crippen LogP contribution in [0.2, 0.25) is 0 Å². The highest BCUT2D eigenvalue weighted by Crippen LogP contribution is 2.38. The summed E-state index contributed by atoms with van der Waals surface area (Å²) in [6, 6.07) is 20.3. The van der Waals surface area contributed by atoms with Gasteiger partial charge in [-0.2, -0.15) is 5.26 Å². The Hall–Kier alpha value is -4.02. The Bertz CT molecular complexity index is 1620. The van der Waals surface area contributed by atoms with Gasteiger partial charge in [0.1, 0.15) is 11.1 Å². The lowest BCUT2D eigenvalue weighted by atomic mass is 9.80. The monoisotopic (exact) mass is 549 g/mol. The van der Waals surface area contributed by atoms with Crippen LogP contribution in [0.15, 0.2) is 54.6 Å². The van der Waals surface area contributed by atoms with Crippen LogP contribution in [0.4, 0.5) is 5.00 Å². The van der Waals surface area contributed by atoms with E-state index in [2.05, 4.69) is 23.5 Å². The van der Waals surface area contributed by atoms with E-state index >= 15 is 0 Å². The number of ether oxygens (including phenoxy) is 1. The van der Waals surface area contributed by atoms with E-state index in [-0.39, 0.29) is 5.92 Å². The van der Waals surface area contributed by atoms with Crippen molar-refractivity contribution >= 4 is 39.1 Å². The number of esters is 1. The van der Waals surface area contributed by atoms with Crippen molar-refractivity contribution in [3.05, 3.63) is 93.0 Å². The van der Waals surface area contributed by atoms with Gasteiger partial charge in [-0.1, -0.05) is 61.4 Å². The molecule has 202 valence electrons. The number of nitrogens with zero attached hydrogens (tertiary/aromatic N) is 2. The molecule has 2 aromatic carbocycles. The number of hydrogen-bond donors (Lipinski definition) is 1. The molecular weight excluding hydrogens is 518 g/mol. The van der Waals surface area contributed by atoms with Crippen molar-refractivity contribution in [1.29, 1.82) is 5.26 Å². The maximum Gasteiger partial charge on any atom is 0.339 e. The molecular formula is C33H31N3O3S. The molecule has 1 N–H and O–H groups in total. The van der Waals surface area contributed by atoms with Gasteiger partial charge in [-0.05, 0) is 73.6 Å². The second-order valence-corrected chi connectivity index (χ2v) is 11.7. The first-order valence-corrected chi connectivity index (χ1v) is 14.9. The molecule has 4 aromatic rings. The fourth-order valence-corrected chi connectivity index (χ4v) is 7.38. The summed E-state index contributed by atoms with van der Waals surface area (Å²) in [6.45, 7) is -0.417. The van der Waals surface area contributed by atoms with Crippen molar-refractivity contribution in [3.8, 4) is 6.07 Å². The molecule has 1 unspecified atom stereocenters. The smallest absolute Gasteiger partial charge is 0.339 e. The topological polar surface area (TPSA) is 92.1 Å². The first kappa shape index (κ1) is 26.2. The lowest BCUT2D eigenvalue weighted by molar-refractivity contribution is -0.119. The Morgan fingerprint density at radius 3 is 2.58 bits per heavy atom. The summed E-state index contributed by atoms with van der Waals surface area (Å²) >= 11 is 1.48. The largest absolute Gasteiger partial charge is 0.452 e. The number of carbonyl (C=O) groups excluding carboxylic acids is 2. The number of anilines is 1. The molecule has 6 nitrogen and oxygen atoms in total. The van der Waals surface area contributed by atoms with E-state index in [1.807, 2.05) is 42.5 Å². The number of pyridine rings is 1. The Labute approximate surface area is 238 Å². The number of benzene rings is 2. The lowest BCUT2D eigenvalue weighted by Gasteiger charge is -2.26. The van der Waals surface area contributed by atoms with Crippen LogP contribution >= 0.6 is 11.3 Å². The summed E-state index contributed by atoms with van der Waals surface area (Å²) in [5.74, 6) is -0.666. The van der Waals surface area contributed by atoms with Crippen LogP contribution < -0.4 is 5.32 Å². The number of hydrogen-bond acceptors (Lipinski definition) is 6. The van der Waals surface area contributed by atoms with E-state index in [0.717, 1.165) is 72.7 Å². The summed E-state index contributed by atoms with van der Waals surface area (Å²) in [4.78, 5) is 32.6. The summed E-state index contributed by atoms with van der Waals surface area (Å²) in [5.41, 5.74) is 5.98. The highest BCUT2D eigenvalue weighted by Gasteiger charge is 2.29. The second-order valence-electron chi connectivity index (χ2n) is 10.6. The van der Waals surface area contributed by atoms with Crippen LogP contribution in [0.25, 0.3) is 10.9 Å². The number of amides is 1. The minimum Gasteiger partial charge on any atom is -0.452 e. The van der Waals surface area contributed by atoms with Gasteiger partial charge in [-0.3, -0.25) is 9.78 Å². The minimum absolute atomic E-state index is 0.286. The first-order valence-electron chi connectivity index (χ1n) is 14.1. The minimum atomic E-state index is -0.516. The van der Waals surface area contributed by atoms with E-state index in [0.29, 0.717) is 22.5 Å². The number of rotatable bonds is 5. The maximum absolute atomic E-state index is 13.6. The van der Waals surface area contributed by atoms with Gasteiger partial charge in [0.25, 0.3) is 5.91 Å². The van der Waals surface area contributed by atoms with Gasteiger partial charge in [-0.15, -0.1) is 11.3 Å². The van der Waals surface area contributed by atoms with E-state index in [1.54, 1.807) is 0 Å². The number of nitriles is 1. The highest BCUT2D eigenvalue weighted by atomic mass is 32.1. The summed E-state index contributed by atoms with van der Waals surface area (Å²) in [6.07, 6.45) is 8.74. The Morgan fingerprint density at radius 2 is 1.75 bits per heavy atom. The highest BCUT2D eigenvalue weighted by molar-refractivity contribution is 7.16. The van der Waals surface area contributed by atoms with E-state index in [9.17, 15) is 14.9 Å². The van der Waals surface area contributed by atoms with Gasteiger partial charge >= 0.3 is 5.97 Å². The molecule has 6 rings (SSSR count). The van der Waals surface area contributed by atoms with Crippen molar-refractivity contribution in [2.45, 2.75) is 63.7 Å². The fraction of sp³-hybridized carbons (Fsp3) is 0.333. The Morgan fingerprint density at radius 1 is 0.975 bits per heavy atom. The molecule has 1 atom stereocenters. The maximum atomic E-state index is 13.6. The molecule has 1 amide bonds. The number of aryl methyl sites for hydroxylation is 2. The summed E-state index contributed by atoms with van der Waals surface area (Å²) < 4.78 is 5.64. The van der Waals surface area contributed by atoms with Crippen LogP contribution in [-0.4, -0.2) is 23.5 Å². The van der Waals surface area contributed by atoms with Gasteiger partial charge in [0.2, 0.25) is 0 Å². The van der Waals surface area contributed by atoms with Crippen molar-refractivity contribution in [3.63, 3.8) is 0 Å². The number of thiophene rings is 1. The zero-order chi connectivity index (χ0) is 27.5. The molecule has 0 aliphatic heterocycles. The molecule has 2 aliphatic carbocycles. The average Bonchev–Trinajstić information content (AvgIpc) is 3.29. The SMILES string of the molecule is N#Cc1c(NC(=O)COC(=O)c2c3c(nc4ccccc24)CCC(c2ccccc2)C3)sc2c1CCCCCC2. The standard InChI is InChI=1S/C33H31N3O3S/c34-19-26-23-12-6-1-2-7-15-29(23)40-32(26)36-30(37)20-39-33(38)31-24-13-8-9-14-27(24)35-28-17-16-22(18-25(28)31)21-10-4-3-5-11-21/h3-5,8-11,13-14,22H,1-2,6-7,12,15-18,20H2,(H,36,37). The number of para-hydroxylation sites is 1. The summed E-state index contributed by atoms with van der Waals surface area (Å²) in [7, 11) is 0. The Balaban J connectivity index is 1.23. The molecule has 2 heterocycles. The molecule has 0 bridgehead atoms. The molecule has 0 fully saturated rings. The number of nitrogens with one attached hydrogen (secondary N) is 1. The van der Waals surface area contributed by atoms with Crippen molar-refractivity contribution in [2.24, 2.45) is 0 Å². The van der Waals surface area contributed by atoms with E-state index in [1.165, 1.54) is 28.2 Å². The van der Waals surface area contributed by atoms with Gasteiger partial charge in [-0.25, -0.2) is 4.79 Å². The summed E-state index contributed by atoms with van der Waals surface area (Å²) in [5, 5.41) is 14.0. The van der Waals surface area contributed by atoms with Crippen LogP contribution in [0.5, 0.6) is 0 Å². The quantitative estimate of drug-likeness (QED) is 0.274. The van der Waals surface area contributed by atoms with Crippen molar-refractivity contribution in [1.82, 2.24) is 4.98 Å². The van der Waals surface area contributed by atoms with E-state index < -0.39 is 18.5 Å². The zero-order valence-electron chi connectivity index (χ0n) is 22.4.